The Morgan fingerprint density at radius 3 is 2.14 bits per heavy atom. The van der Waals surface area contributed by atoms with E-state index in [1.54, 1.807) is 18.2 Å². The third kappa shape index (κ3) is 4.79. The smallest absolute Gasteiger partial charge is 0.260 e. The molecule has 8 rings (SSSR count). The first-order valence-corrected chi connectivity index (χ1v) is 17.7. The lowest BCUT2D eigenvalue weighted by molar-refractivity contribution is -0.138. The molecule has 6 atom stereocenters. The van der Waals surface area contributed by atoms with Gasteiger partial charge in [-0.25, -0.2) is 4.90 Å². The predicted molar refractivity (Wildman–Crippen MR) is 195 cm³/mol. The van der Waals surface area contributed by atoms with Crippen LogP contribution in [0.4, 0.5) is 11.4 Å². The van der Waals surface area contributed by atoms with Gasteiger partial charge in [-0.2, -0.15) is 5.01 Å². The molecule has 0 aromatic heterocycles. The number of anilines is 2. The summed E-state index contributed by atoms with van der Waals surface area (Å²) in [4.78, 5) is 60.0. The quantitative estimate of drug-likeness (QED) is 0.165. The molecule has 0 unspecified atom stereocenters. The molecule has 2 N–H and O–H groups in total. The number of hydrogen-bond acceptors (Lipinski definition) is 6. The van der Waals surface area contributed by atoms with E-state index in [-0.39, 0.29) is 35.8 Å². The molecule has 0 spiro atoms. The molecule has 1 saturated carbocycles. The minimum Gasteiger partial charge on any atom is -0.507 e. The van der Waals surface area contributed by atoms with Crippen LogP contribution in [0.3, 0.4) is 0 Å². The fraction of sp³-hybridized carbons (Fsp3) is 0.286. The van der Waals surface area contributed by atoms with Gasteiger partial charge in [0.25, 0.3) is 11.8 Å². The maximum atomic E-state index is 15.3. The number of benzene rings is 4. The number of phenols is 1. The first kappa shape index (κ1) is 33.0. The monoisotopic (exact) mass is 699 g/mol. The summed E-state index contributed by atoms with van der Waals surface area (Å²) in [7, 11) is 0. The van der Waals surface area contributed by atoms with Crippen molar-refractivity contribution < 1.29 is 24.3 Å². The SMILES string of the molecule is Cc1ccc(NN2C(=O)[C@@H]3C[C@@H]4C(=CC[C@@H]5C(=O)N(c6ccc(C)c(Cl)c6)C(=O)[C@@H]54)[C@H](c4cc(C)c(O)c(C)c4)[C@]3(c3ccccc3)C2=O)cc1. The number of phenolic OH excluding ortho intramolecular Hbond substituents is 1. The number of imide groups is 2. The fourth-order valence-electron chi connectivity index (χ4n) is 9.25. The van der Waals surface area contributed by atoms with Crippen molar-refractivity contribution in [2.45, 2.75) is 51.9 Å². The third-order valence-corrected chi connectivity index (χ3v) is 12.1. The topological polar surface area (TPSA) is 107 Å². The van der Waals surface area contributed by atoms with Crippen molar-refractivity contribution in [3.05, 3.63) is 135 Å². The number of aryl methyl sites for hydroxylation is 4. The van der Waals surface area contributed by atoms with Crippen molar-refractivity contribution in [2.75, 3.05) is 10.3 Å². The van der Waals surface area contributed by atoms with Crippen LogP contribution in [-0.2, 0) is 24.6 Å². The molecule has 258 valence electrons. The Kier molecular flexibility index (Phi) is 7.72. The molecule has 4 aliphatic rings. The number of rotatable bonds is 5. The van der Waals surface area contributed by atoms with Crippen molar-refractivity contribution in [3.63, 3.8) is 0 Å². The average molecular weight is 700 g/mol. The van der Waals surface area contributed by atoms with Gasteiger partial charge >= 0.3 is 0 Å². The molecule has 2 heterocycles. The van der Waals surface area contributed by atoms with Crippen molar-refractivity contribution in [1.82, 2.24) is 5.01 Å². The summed E-state index contributed by atoms with van der Waals surface area (Å²) in [6.07, 6.45) is 2.55. The maximum absolute atomic E-state index is 15.3. The van der Waals surface area contributed by atoms with Crippen LogP contribution in [0.25, 0.3) is 0 Å². The molecule has 0 radical (unpaired) electrons. The van der Waals surface area contributed by atoms with E-state index >= 15 is 4.79 Å². The zero-order valence-corrected chi connectivity index (χ0v) is 29.6. The molecule has 2 aliphatic carbocycles. The van der Waals surface area contributed by atoms with Gasteiger partial charge in [0.1, 0.15) is 5.75 Å². The minimum absolute atomic E-state index is 0.162. The molecule has 2 aliphatic heterocycles. The van der Waals surface area contributed by atoms with Crippen LogP contribution in [-0.4, -0.2) is 33.7 Å². The van der Waals surface area contributed by atoms with Gasteiger partial charge in [0.05, 0.1) is 34.5 Å². The van der Waals surface area contributed by atoms with E-state index in [0.717, 1.165) is 27.3 Å². The van der Waals surface area contributed by atoms with Gasteiger partial charge in [-0.1, -0.05) is 89.5 Å². The highest BCUT2D eigenvalue weighted by Crippen LogP contribution is 2.64. The average Bonchev–Trinajstić information content (AvgIpc) is 3.50. The van der Waals surface area contributed by atoms with Crippen molar-refractivity contribution in [1.29, 1.82) is 0 Å². The largest absolute Gasteiger partial charge is 0.507 e. The summed E-state index contributed by atoms with van der Waals surface area (Å²) in [5, 5.41) is 12.5. The number of hydrazine groups is 1. The highest BCUT2D eigenvalue weighted by Gasteiger charge is 2.70. The molecule has 4 aromatic carbocycles. The summed E-state index contributed by atoms with van der Waals surface area (Å²) >= 11 is 6.46. The molecule has 0 bridgehead atoms. The first-order valence-electron chi connectivity index (χ1n) is 17.3. The molecule has 51 heavy (non-hydrogen) atoms. The normalized spacial score (nSPS) is 26.9. The Morgan fingerprint density at radius 2 is 1.47 bits per heavy atom. The van der Waals surface area contributed by atoms with E-state index in [9.17, 15) is 19.5 Å². The Labute approximate surface area is 301 Å². The number of aromatic hydroxyl groups is 1. The van der Waals surface area contributed by atoms with Gasteiger partial charge in [0, 0.05) is 10.9 Å². The van der Waals surface area contributed by atoms with E-state index < -0.39 is 35.0 Å². The molecular weight excluding hydrogens is 662 g/mol. The van der Waals surface area contributed by atoms with Crippen molar-refractivity contribution >= 4 is 46.6 Å². The van der Waals surface area contributed by atoms with Crippen LogP contribution < -0.4 is 10.3 Å². The molecule has 8 nitrogen and oxygen atoms in total. The predicted octanol–water partition coefficient (Wildman–Crippen LogP) is 7.47. The Hall–Kier alpha value is -5.21. The Balaban J connectivity index is 1.33. The number of hydrogen-bond donors (Lipinski definition) is 2. The molecular formula is C42H38ClN3O5. The van der Waals surface area contributed by atoms with Gasteiger partial charge in [0.2, 0.25) is 11.8 Å². The molecule has 3 fully saturated rings. The summed E-state index contributed by atoms with van der Waals surface area (Å²) in [5.41, 5.74) is 8.26. The van der Waals surface area contributed by atoms with E-state index in [4.69, 9.17) is 11.6 Å². The number of fused-ring (bicyclic) bond motifs is 4. The fourth-order valence-corrected chi connectivity index (χ4v) is 9.43. The van der Waals surface area contributed by atoms with Gasteiger partial charge in [-0.3, -0.25) is 24.6 Å². The van der Waals surface area contributed by atoms with Crippen LogP contribution in [0.15, 0.2) is 96.6 Å². The molecule has 2 saturated heterocycles. The molecule has 9 heteroatoms. The van der Waals surface area contributed by atoms with Gasteiger partial charge in [-0.05, 0) is 98.5 Å². The first-order chi connectivity index (χ1) is 24.4. The van der Waals surface area contributed by atoms with Crippen molar-refractivity contribution in [2.24, 2.45) is 23.7 Å². The second-order valence-corrected chi connectivity index (χ2v) is 14.9. The van der Waals surface area contributed by atoms with Gasteiger partial charge in [0.15, 0.2) is 0 Å². The van der Waals surface area contributed by atoms with Gasteiger partial charge < -0.3 is 5.11 Å². The van der Waals surface area contributed by atoms with Crippen LogP contribution in [0, 0.1) is 51.4 Å². The van der Waals surface area contributed by atoms with E-state index in [0.29, 0.717) is 39.5 Å². The number of halogens is 1. The summed E-state index contributed by atoms with van der Waals surface area (Å²) in [6, 6.07) is 25.9. The highest BCUT2D eigenvalue weighted by atomic mass is 35.5. The zero-order valence-electron chi connectivity index (χ0n) is 28.8. The van der Waals surface area contributed by atoms with Crippen molar-refractivity contribution in [3.8, 4) is 5.75 Å². The standard InChI is InChI=1S/C42H38ClN3O5/c1-22-10-13-28(14-11-22)44-46-39(49)33-21-32-30(16-17-31-35(32)40(50)45(38(31)48)29-15-12-23(2)34(43)20-29)36(26-18-24(3)37(47)25(4)19-26)42(33,41(46)51)27-8-6-5-7-9-27/h5-16,18-20,31-33,35-36,44,47H,17,21H2,1-4H3/t31-,32+,33-,35-,36-,42+/m0/s1. The summed E-state index contributed by atoms with van der Waals surface area (Å²) in [6.45, 7) is 7.47. The van der Waals surface area contributed by atoms with E-state index in [1.807, 2.05) is 101 Å². The van der Waals surface area contributed by atoms with Gasteiger partial charge in [-0.15, -0.1) is 0 Å². The highest BCUT2D eigenvalue weighted by molar-refractivity contribution is 6.32. The molecule has 4 amide bonds. The van der Waals surface area contributed by atoms with Crippen LogP contribution in [0.5, 0.6) is 5.75 Å². The molecule has 4 aromatic rings. The number of amides is 4. The lowest BCUT2D eigenvalue weighted by Gasteiger charge is -2.50. The number of nitrogens with zero attached hydrogens (tertiary/aromatic N) is 2. The van der Waals surface area contributed by atoms with Crippen LogP contribution in [0.1, 0.15) is 52.1 Å². The number of carbonyl (C=O) groups excluding carboxylic acids is 4. The lowest BCUT2D eigenvalue weighted by atomic mass is 9.49. The number of nitrogens with one attached hydrogen (secondary N) is 1. The minimum atomic E-state index is -1.38. The Bertz CT molecular complexity index is 2160. The number of carbonyl (C=O) groups is 4. The van der Waals surface area contributed by atoms with E-state index in [1.165, 1.54) is 4.90 Å². The number of allylic oxidation sites excluding steroid dienone is 2. The lowest BCUT2D eigenvalue weighted by Crippen LogP contribution is -2.53. The summed E-state index contributed by atoms with van der Waals surface area (Å²) in [5.74, 6) is -4.60. The second kappa shape index (κ2) is 11.9. The Morgan fingerprint density at radius 1 is 0.784 bits per heavy atom. The van der Waals surface area contributed by atoms with Crippen LogP contribution in [0.2, 0.25) is 5.02 Å². The summed E-state index contributed by atoms with van der Waals surface area (Å²) < 4.78 is 0. The zero-order chi connectivity index (χ0) is 35.9. The second-order valence-electron chi connectivity index (χ2n) is 14.5. The third-order valence-electron chi connectivity index (χ3n) is 11.7. The van der Waals surface area contributed by atoms with Crippen LogP contribution >= 0.6 is 11.6 Å². The maximum Gasteiger partial charge on any atom is 0.260 e. The van der Waals surface area contributed by atoms with E-state index in [2.05, 4.69) is 5.43 Å².